The van der Waals surface area contributed by atoms with E-state index >= 15 is 8.42 Å². The lowest BCUT2D eigenvalue weighted by atomic mass is 10.1. The number of rotatable bonds is 18. The van der Waals surface area contributed by atoms with Crippen LogP contribution in [0.2, 0.25) is 0 Å². The number of sulfone groups is 1. The molecule has 8 nitrogen and oxygen atoms in total. The van der Waals surface area contributed by atoms with Gasteiger partial charge in [-0.2, -0.15) is 0 Å². The Bertz CT molecular complexity index is 1670. The highest BCUT2D eigenvalue weighted by molar-refractivity contribution is 7.92. The molecule has 0 amide bonds. The first-order chi connectivity index (χ1) is 23.8. The Hall–Kier alpha value is -4.89. The molecule has 0 aliphatic heterocycles. The molecule has 49 heavy (non-hydrogen) atoms. The van der Waals surface area contributed by atoms with E-state index in [1.54, 1.807) is 87.1 Å². The van der Waals surface area contributed by atoms with Crippen molar-refractivity contribution in [2.75, 3.05) is 40.6 Å². The van der Waals surface area contributed by atoms with Gasteiger partial charge in [0.05, 0.1) is 40.6 Å². The van der Waals surface area contributed by atoms with Gasteiger partial charge in [-0.1, -0.05) is 48.6 Å². The van der Waals surface area contributed by atoms with Crippen LogP contribution in [0.25, 0.3) is 12.2 Å². The molecule has 9 heteroatoms. The van der Waals surface area contributed by atoms with Crippen molar-refractivity contribution in [1.29, 1.82) is 0 Å². The lowest BCUT2D eigenvalue weighted by Gasteiger charge is -2.22. The summed E-state index contributed by atoms with van der Waals surface area (Å²) in [4.78, 5) is 0. The van der Waals surface area contributed by atoms with Gasteiger partial charge >= 0.3 is 0 Å². The summed E-state index contributed by atoms with van der Waals surface area (Å²) < 4.78 is 64.2. The van der Waals surface area contributed by atoms with Crippen LogP contribution in [0.1, 0.15) is 60.4 Å². The summed E-state index contributed by atoms with van der Waals surface area (Å²) in [5, 5.41) is -2.11. The molecule has 0 radical (unpaired) electrons. The van der Waals surface area contributed by atoms with E-state index in [4.69, 9.17) is 28.4 Å². The average molecular weight is 687 g/mol. The Balaban J connectivity index is 1.90. The second kappa shape index (κ2) is 18.0. The van der Waals surface area contributed by atoms with E-state index in [1.165, 1.54) is 0 Å². The van der Waals surface area contributed by atoms with Crippen molar-refractivity contribution in [2.24, 2.45) is 0 Å². The van der Waals surface area contributed by atoms with Gasteiger partial charge in [0.2, 0.25) is 0 Å². The van der Waals surface area contributed by atoms with E-state index in [-0.39, 0.29) is 0 Å². The van der Waals surface area contributed by atoms with Gasteiger partial charge in [-0.15, -0.1) is 0 Å². The quantitative estimate of drug-likeness (QED) is 0.103. The Morgan fingerprint density at radius 2 is 0.857 bits per heavy atom. The van der Waals surface area contributed by atoms with E-state index in [2.05, 4.69) is 0 Å². The largest absolute Gasteiger partial charge is 0.497 e. The lowest BCUT2D eigenvalue weighted by molar-refractivity contribution is 0.330. The van der Waals surface area contributed by atoms with Gasteiger partial charge in [-0.25, -0.2) is 8.42 Å². The molecule has 2 unspecified atom stereocenters. The van der Waals surface area contributed by atoms with Gasteiger partial charge in [0.25, 0.3) is 0 Å². The summed E-state index contributed by atoms with van der Waals surface area (Å²) in [6, 6.07) is 25.2. The van der Waals surface area contributed by atoms with Crippen LogP contribution >= 0.6 is 0 Å². The average Bonchev–Trinajstić information content (AvgIpc) is 3.11. The molecule has 0 fully saturated rings. The van der Waals surface area contributed by atoms with Crippen molar-refractivity contribution in [3.05, 3.63) is 119 Å². The van der Waals surface area contributed by atoms with Crippen LogP contribution in [-0.2, 0) is 9.84 Å². The molecule has 0 aliphatic rings. The molecule has 2 atom stereocenters. The first-order valence-electron chi connectivity index (χ1n) is 16.4. The van der Waals surface area contributed by atoms with Crippen LogP contribution in [0.3, 0.4) is 0 Å². The Morgan fingerprint density at radius 3 is 1.18 bits per heavy atom. The maximum atomic E-state index is 15.1. The predicted octanol–water partition coefficient (Wildman–Crippen LogP) is 8.92. The minimum Gasteiger partial charge on any atom is -0.497 e. The summed E-state index contributed by atoms with van der Waals surface area (Å²) in [5.41, 5.74) is 2.56. The molecule has 0 bridgehead atoms. The fourth-order valence-corrected chi connectivity index (χ4v) is 7.33. The summed E-state index contributed by atoms with van der Waals surface area (Å²) >= 11 is 0. The molecular weight excluding hydrogens is 640 g/mol. The molecule has 0 spiro atoms. The van der Waals surface area contributed by atoms with Gasteiger partial charge in [0, 0.05) is 11.1 Å². The zero-order valence-electron chi connectivity index (χ0n) is 29.0. The fraction of sp³-hybridized carbons (Fsp3) is 0.300. The predicted molar refractivity (Wildman–Crippen MR) is 196 cm³/mol. The molecule has 0 aliphatic carbocycles. The van der Waals surface area contributed by atoms with E-state index in [0.29, 0.717) is 83.2 Å². The van der Waals surface area contributed by atoms with Crippen molar-refractivity contribution in [1.82, 2.24) is 0 Å². The van der Waals surface area contributed by atoms with Crippen LogP contribution in [0.5, 0.6) is 34.5 Å². The summed E-state index contributed by atoms with van der Waals surface area (Å²) in [7, 11) is -0.890. The third kappa shape index (κ3) is 9.60. The molecule has 0 aromatic heterocycles. The Morgan fingerprint density at radius 1 is 0.510 bits per heavy atom. The molecule has 4 aromatic rings. The topological polar surface area (TPSA) is 89.5 Å². The molecule has 0 saturated heterocycles. The van der Waals surface area contributed by atoms with Gasteiger partial charge in [-0.3, -0.25) is 0 Å². The summed E-state index contributed by atoms with van der Waals surface area (Å²) in [6.45, 7) is 9.53. The molecule has 0 saturated carbocycles. The zero-order valence-corrected chi connectivity index (χ0v) is 29.9. The van der Waals surface area contributed by atoms with Crippen LogP contribution in [0, 0.1) is 0 Å². The highest BCUT2D eigenvalue weighted by Crippen LogP contribution is 2.39. The molecular formula is C40H46O8S. The minimum absolute atomic E-state index is 0.452. The molecule has 260 valence electrons. The highest BCUT2D eigenvalue weighted by atomic mass is 32.2. The van der Waals surface area contributed by atoms with E-state index in [1.807, 2.05) is 64.1 Å². The van der Waals surface area contributed by atoms with Crippen LogP contribution in [0.15, 0.2) is 97.1 Å². The van der Waals surface area contributed by atoms with E-state index in [9.17, 15) is 0 Å². The van der Waals surface area contributed by atoms with Crippen molar-refractivity contribution in [2.45, 2.75) is 38.2 Å². The number of ether oxygens (including phenoxy) is 6. The van der Waals surface area contributed by atoms with E-state index < -0.39 is 20.3 Å². The lowest BCUT2D eigenvalue weighted by Crippen LogP contribution is -2.19. The van der Waals surface area contributed by atoms with Crippen LogP contribution in [0.4, 0.5) is 0 Å². The second-order valence-electron chi connectivity index (χ2n) is 10.8. The maximum absolute atomic E-state index is 15.1. The first kappa shape index (κ1) is 36.9. The zero-order chi connectivity index (χ0) is 35.2. The third-order valence-corrected chi connectivity index (χ3v) is 9.96. The van der Waals surface area contributed by atoms with Gasteiger partial charge < -0.3 is 28.4 Å². The molecule has 4 aromatic carbocycles. The minimum atomic E-state index is -4.04. The summed E-state index contributed by atoms with van der Waals surface area (Å²) in [5.74, 6) is 3.81. The SMILES string of the molecule is CCOc1ccc(OCC)c(C=CC(c2ccc(OC)cc2)S(=O)(=O)C(C=Cc2cc(OCC)ccc2OCC)c2ccc(OC)cc2)c1. The van der Waals surface area contributed by atoms with Crippen molar-refractivity contribution < 1.29 is 36.8 Å². The second-order valence-corrected chi connectivity index (χ2v) is 13.0. The van der Waals surface area contributed by atoms with Crippen molar-refractivity contribution >= 4 is 22.0 Å². The molecule has 0 N–H and O–H groups in total. The van der Waals surface area contributed by atoms with E-state index in [0.717, 1.165) is 0 Å². The molecule has 4 rings (SSSR count). The van der Waals surface area contributed by atoms with Gasteiger partial charge in [-0.05, 0) is 99.5 Å². The number of methoxy groups -OCH3 is 2. The van der Waals surface area contributed by atoms with Crippen molar-refractivity contribution in [3.63, 3.8) is 0 Å². The number of hydrogen-bond acceptors (Lipinski definition) is 8. The number of hydrogen-bond donors (Lipinski definition) is 0. The van der Waals surface area contributed by atoms with Crippen LogP contribution < -0.4 is 28.4 Å². The monoisotopic (exact) mass is 686 g/mol. The smallest absolute Gasteiger partial charge is 0.171 e. The molecule has 0 heterocycles. The third-order valence-electron chi connectivity index (χ3n) is 7.68. The Labute approximate surface area is 290 Å². The normalized spacial score (nSPS) is 12.9. The van der Waals surface area contributed by atoms with Crippen LogP contribution in [-0.4, -0.2) is 49.1 Å². The summed E-state index contributed by atoms with van der Waals surface area (Å²) in [6.07, 6.45) is 6.98. The maximum Gasteiger partial charge on any atom is 0.171 e. The highest BCUT2D eigenvalue weighted by Gasteiger charge is 2.34. The fourth-order valence-electron chi connectivity index (χ4n) is 5.35. The first-order valence-corrected chi connectivity index (χ1v) is 18.0. The standard InChI is InChI=1S/C40H46O8S/c1-7-45-35-21-23-37(47-9-3)31(27-35)15-25-39(29-11-17-33(43-5)18-12-29)49(41,42)40(30-13-19-34(44-6)20-14-30)26-16-32-28-36(46-8-2)22-24-38(32)48-10-4/h11-28,39-40H,7-10H2,1-6H3. The van der Waals surface area contributed by atoms with Crippen molar-refractivity contribution in [3.8, 4) is 34.5 Å². The Kier molecular flexibility index (Phi) is 13.6. The van der Waals surface area contributed by atoms with Gasteiger partial charge in [0.15, 0.2) is 9.84 Å². The van der Waals surface area contributed by atoms with Gasteiger partial charge in [0.1, 0.15) is 45.0 Å². The number of benzene rings is 4.